The van der Waals surface area contributed by atoms with E-state index in [1.54, 1.807) is 0 Å². The number of nitrogens with two attached hydrogens (primary N) is 1. The summed E-state index contributed by atoms with van der Waals surface area (Å²) >= 11 is 0. The Balaban J connectivity index is 2.03. The van der Waals surface area contributed by atoms with Crippen molar-refractivity contribution in [2.45, 2.75) is 58.4 Å². The van der Waals surface area contributed by atoms with Gasteiger partial charge >= 0.3 is 0 Å². The molecule has 1 fully saturated rings. The maximum absolute atomic E-state index is 12.2. The number of hydrogen-bond acceptors (Lipinski definition) is 3. The van der Waals surface area contributed by atoms with Crippen molar-refractivity contribution in [3.8, 4) is 0 Å². The van der Waals surface area contributed by atoms with E-state index in [-0.39, 0.29) is 17.9 Å². The van der Waals surface area contributed by atoms with Gasteiger partial charge in [0.25, 0.3) is 5.91 Å². The van der Waals surface area contributed by atoms with E-state index in [2.05, 4.69) is 22.4 Å². The van der Waals surface area contributed by atoms with Crippen LogP contribution in [0.2, 0.25) is 0 Å². The summed E-state index contributed by atoms with van der Waals surface area (Å²) in [4.78, 5) is 12.2. The van der Waals surface area contributed by atoms with Crippen molar-refractivity contribution in [1.82, 2.24) is 15.5 Å². The van der Waals surface area contributed by atoms with E-state index in [1.807, 2.05) is 13.8 Å². The van der Waals surface area contributed by atoms with Gasteiger partial charge in [-0.2, -0.15) is 5.10 Å². The van der Waals surface area contributed by atoms with Gasteiger partial charge in [-0.1, -0.05) is 33.6 Å². The predicted molar refractivity (Wildman–Crippen MR) is 76.0 cm³/mol. The van der Waals surface area contributed by atoms with E-state index >= 15 is 0 Å². The number of rotatable bonds is 3. The minimum absolute atomic E-state index is 0.153. The molecule has 1 aromatic heterocycles. The Morgan fingerprint density at radius 2 is 2.21 bits per heavy atom. The smallest absolute Gasteiger partial charge is 0.274 e. The summed E-state index contributed by atoms with van der Waals surface area (Å²) in [6.45, 7) is 6.28. The number of nitrogen functional groups attached to an aromatic ring is 1. The fraction of sp³-hybridized carbons (Fsp3) is 0.714. The van der Waals surface area contributed by atoms with Crippen LogP contribution < -0.4 is 11.1 Å². The third kappa shape index (κ3) is 3.08. The van der Waals surface area contributed by atoms with Gasteiger partial charge < -0.3 is 11.1 Å². The maximum atomic E-state index is 12.2. The number of hydrogen-bond donors (Lipinski definition) is 3. The van der Waals surface area contributed by atoms with E-state index in [9.17, 15) is 4.79 Å². The zero-order valence-electron chi connectivity index (χ0n) is 12.0. The number of carbonyl (C=O) groups excluding carboxylic acids is 1. The van der Waals surface area contributed by atoms with E-state index in [4.69, 9.17) is 5.73 Å². The Morgan fingerprint density at radius 3 is 2.79 bits per heavy atom. The highest BCUT2D eigenvalue weighted by molar-refractivity contribution is 5.97. The zero-order chi connectivity index (χ0) is 14.0. The number of anilines is 1. The largest absolute Gasteiger partial charge is 0.395 e. The molecular formula is C14H24N4O. The van der Waals surface area contributed by atoms with Gasteiger partial charge in [-0.3, -0.25) is 9.89 Å². The molecule has 0 bridgehead atoms. The lowest BCUT2D eigenvalue weighted by Crippen LogP contribution is -2.38. The molecular weight excluding hydrogens is 240 g/mol. The Morgan fingerprint density at radius 1 is 1.47 bits per heavy atom. The predicted octanol–water partition coefficient (Wildman–Crippen LogP) is 2.42. The molecule has 1 saturated carbocycles. The summed E-state index contributed by atoms with van der Waals surface area (Å²) in [7, 11) is 0. The van der Waals surface area contributed by atoms with Gasteiger partial charge in [-0.05, 0) is 24.7 Å². The number of aromatic amines is 1. The summed E-state index contributed by atoms with van der Waals surface area (Å²) in [6, 6.07) is 0.259. The van der Waals surface area contributed by atoms with Crippen molar-refractivity contribution < 1.29 is 4.79 Å². The topological polar surface area (TPSA) is 83.8 Å². The van der Waals surface area contributed by atoms with Crippen molar-refractivity contribution in [1.29, 1.82) is 0 Å². The SMILES string of the molecule is CC1CCCC(NC(=O)c2n[nH]c(C(C)C)c2N)C1. The summed E-state index contributed by atoms with van der Waals surface area (Å²) in [6.07, 6.45) is 4.54. The summed E-state index contributed by atoms with van der Waals surface area (Å²) < 4.78 is 0. The zero-order valence-corrected chi connectivity index (χ0v) is 12.0. The van der Waals surface area contributed by atoms with E-state index < -0.39 is 0 Å². The average Bonchev–Trinajstić information content (AvgIpc) is 2.71. The maximum Gasteiger partial charge on any atom is 0.274 e. The molecule has 5 heteroatoms. The lowest BCUT2D eigenvalue weighted by molar-refractivity contribution is 0.0917. The summed E-state index contributed by atoms with van der Waals surface area (Å²) in [5, 5.41) is 9.98. The molecule has 0 saturated heterocycles. The molecule has 1 heterocycles. The van der Waals surface area contributed by atoms with Gasteiger partial charge in [0.15, 0.2) is 5.69 Å². The van der Waals surface area contributed by atoms with Crippen molar-refractivity contribution in [3.05, 3.63) is 11.4 Å². The molecule has 1 aromatic rings. The van der Waals surface area contributed by atoms with Crippen molar-refractivity contribution >= 4 is 11.6 Å². The van der Waals surface area contributed by atoms with Gasteiger partial charge in [0.05, 0.1) is 11.4 Å². The van der Waals surface area contributed by atoms with E-state index in [0.717, 1.165) is 18.5 Å². The van der Waals surface area contributed by atoms with Gasteiger partial charge in [-0.15, -0.1) is 0 Å². The highest BCUT2D eigenvalue weighted by Gasteiger charge is 2.24. The first kappa shape index (κ1) is 13.9. The number of amides is 1. The van der Waals surface area contributed by atoms with E-state index in [0.29, 0.717) is 17.3 Å². The first-order valence-corrected chi connectivity index (χ1v) is 7.13. The molecule has 0 radical (unpaired) electrons. The second kappa shape index (κ2) is 5.63. The minimum atomic E-state index is -0.153. The van der Waals surface area contributed by atoms with Crippen LogP contribution >= 0.6 is 0 Å². The molecule has 19 heavy (non-hydrogen) atoms. The fourth-order valence-electron chi connectivity index (χ4n) is 2.80. The first-order chi connectivity index (χ1) is 8.99. The third-order valence-electron chi connectivity index (χ3n) is 3.90. The van der Waals surface area contributed by atoms with Gasteiger partial charge in [-0.25, -0.2) is 0 Å². The van der Waals surface area contributed by atoms with Crippen LogP contribution in [0.25, 0.3) is 0 Å². The van der Waals surface area contributed by atoms with Crippen LogP contribution in [0.3, 0.4) is 0 Å². The monoisotopic (exact) mass is 264 g/mol. The highest BCUT2D eigenvalue weighted by atomic mass is 16.2. The van der Waals surface area contributed by atoms with Crippen LogP contribution in [0.15, 0.2) is 0 Å². The van der Waals surface area contributed by atoms with Crippen molar-refractivity contribution in [2.75, 3.05) is 5.73 Å². The molecule has 1 aliphatic carbocycles. The Labute approximate surface area is 114 Å². The van der Waals surface area contributed by atoms with Crippen LogP contribution in [0.1, 0.15) is 68.6 Å². The molecule has 2 rings (SSSR count). The fourth-order valence-corrected chi connectivity index (χ4v) is 2.80. The van der Waals surface area contributed by atoms with Gasteiger partial charge in [0, 0.05) is 6.04 Å². The molecule has 0 spiro atoms. The van der Waals surface area contributed by atoms with Crippen LogP contribution in [-0.2, 0) is 0 Å². The number of aromatic nitrogens is 2. The third-order valence-corrected chi connectivity index (χ3v) is 3.90. The quantitative estimate of drug-likeness (QED) is 0.784. The molecule has 4 N–H and O–H groups in total. The second-order valence-electron chi connectivity index (χ2n) is 6.00. The van der Waals surface area contributed by atoms with Crippen LogP contribution in [0.4, 0.5) is 5.69 Å². The number of H-pyrrole nitrogens is 1. The number of carbonyl (C=O) groups is 1. The van der Waals surface area contributed by atoms with Crippen LogP contribution in [0, 0.1) is 5.92 Å². The summed E-state index contributed by atoms with van der Waals surface area (Å²) in [5.74, 6) is 0.769. The minimum Gasteiger partial charge on any atom is -0.395 e. The number of nitrogens with one attached hydrogen (secondary N) is 2. The molecule has 2 unspecified atom stereocenters. The number of nitrogens with zero attached hydrogens (tertiary/aromatic N) is 1. The van der Waals surface area contributed by atoms with E-state index in [1.165, 1.54) is 12.8 Å². The highest BCUT2D eigenvalue weighted by Crippen LogP contribution is 2.25. The standard InChI is InChI=1S/C14H24N4O/c1-8(2)12-11(15)13(18-17-12)14(19)16-10-6-4-5-9(3)7-10/h8-10H,4-7,15H2,1-3H3,(H,16,19)(H,17,18). The normalized spacial score (nSPS) is 23.6. The Bertz CT molecular complexity index is 452. The molecule has 5 nitrogen and oxygen atoms in total. The first-order valence-electron chi connectivity index (χ1n) is 7.13. The molecule has 2 atom stereocenters. The molecule has 0 aromatic carbocycles. The van der Waals surface area contributed by atoms with Gasteiger partial charge in [0.2, 0.25) is 0 Å². The molecule has 1 amide bonds. The van der Waals surface area contributed by atoms with Gasteiger partial charge in [0.1, 0.15) is 0 Å². The Hall–Kier alpha value is -1.52. The lowest BCUT2D eigenvalue weighted by Gasteiger charge is -2.27. The Kier molecular flexibility index (Phi) is 4.12. The average molecular weight is 264 g/mol. The lowest BCUT2D eigenvalue weighted by atomic mass is 9.87. The van der Waals surface area contributed by atoms with Crippen molar-refractivity contribution in [3.63, 3.8) is 0 Å². The van der Waals surface area contributed by atoms with Crippen LogP contribution in [-0.4, -0.2) is 22.1 Å². The van der Waals surface area contributed by atoms with Crippen LogP contribution in [0.5, 0.6) is 0 Å². The molecule has 106 valence electrons. The molecule has 1 aliphatic rings. The molecule has 0 aliphatic heterocycles. The second-order valence-corrected chi connectivity index (χ2v) is 6.00. The summed E-state index contributed by atoms with van der Waals surface area (Å²) in [5.41, 5.74) is 7.64. The van der Waals surface area contributed by atoms with Crippen molar-refractivity contribution in [2.24, 2.45) is 5.92 Å².